The third-order valence-corrected chi connectivity index (χ3v) is 4.21. The standard InChI is InChI=1S/C19H21N3O3/c23-18(14-25-16-5-2-1-3-6-16)21-13-19(24)22-12-4-7-17(22)15-8-10-20-11-9-15/h1-3,5-6,8-11,17H,4,7,12-14H2,(H,21,23)/t17-/m0/s1. The maximum Gasteiger partial charge on any atom is 0.258 e. The van der Waals surface area contributed by atoms with Gasteiger partial charge in [-0.3, -0.25) is 14.6 Å². The van der Waals surface area contributed by atoms with Crippen LogP contribution in [0.2, 0.25) is 0 Å². The molecule has 0 unspecified atom stereocenters. The molecule has 6 nitrogen and oxygen atoms in total. The molecule has 130 valence electrons. The molecule has 1 N–H and O–H groups in total. The quantitative estimate of drug-likeness (QED) is 0.873. The summed E-state index contributed by atoms with van der Waals surface area (Å²) in [4.78, 5) is 30.2. The van der Waals surface area contributed by atoms with E-state index in [4.69, 9.17) is 4.74 Å². The molecule has 6 heteroatoms. The lowest BCUT2D eigenvalue weighted by molar-refractivity contribution is -0.134. The normalized spacial score (nSPS) is 16.5. The number of aromatic nitrogens is 1. The number of carbonyl (C=O) groups excluding carboxylic acids is 2. The first-order valence-corrected chi connectivity index (χ1v) is 8.38. The van der Waals surface area contributed by atoms with Gasteiger partial charge in [0, 0.05) is 18.9 Å². The molecule has 2 heterocycles. The zero-order valence-electron chi connectivity index (χ0n) is 13.9. The monoisotopic (exact) mass is 339 g/mol. The molecule has 1 saturated heterocycles. The van der Waals surface area contributed by atoms with Crippen molar-refractivity contribution >= 4 is 11.8 Å². The predicted molar refractivity (Wildman–Crippen MR) is 92.9 cm³/mol. The number of carbonyl (C=O) groups is 2. The third-order valence-electron chi connectivity index (χ3n) is 4.21. The second kappa shape index (κ2) is 8.28. The van der Waals surface area contributed by atoms with E-state index in [0.717, 1.165) is 18.4 Å². The van der Waals surface area contributed by atoms with E-state index in [0.29, 0.717) is 12.3 Å². The van der Waals surface area contributed by atoms with Crippen molar-refractivity contribution in [1.82, 2.24) is 15.2 Å². The molecule has 1 aliphatic rings. The molecule has 1 aromatic carbocycles. The van der Waals surface area contributed by atoms with E-state index in [9.17, 15) is 9.59 Å². The van der Waals surface area contributed by atoms with Crippen molar-refractivity contribution < 1.29 is 14.3 Å². The van der Waals surface area contributed by atoms with Crippen molar-refractivity contribution in [1.29, 1.82) is 0 Å². The third kappa shape index (κ3) is 4.56. The van der Waals surface area contributed by atoms with Gasteiger partial charge in [0.15, 0.2) is 6.61 Å². The number of pyridine rings is 1. The van der Waals surface area contributed by atoms with Crippen LogP contribution in [0.5, 0.6) is 5.75 Å². The summed E-state index contributed by atoms with van der Waals surface area (Å²) in [7, 11) is 0. The fourth-order valence-corrected chi connectivity index (χ4v) is 2.99. The predicted octanol–water partition coefficient (Wildman–Crippen LogP) is 1.94. The lowest BCUT2D eigenvalue weighted by Gasteiger charge is -2.25. The Labute approximate surface area is 146 Å². The number of rotatable bonds is 6. The maximum absolute atomic E-state index is 12.5. The minimum atomic E-state index is -0.308. The highest BCUT2D eigenvalue weighted by Crippen LogP contribution is 2.31. The van der Waals surface area contributed by atoms with Crippen molar-refractivity contribution in [3.63, 3.8) is 0 Å². The summed E-state index contributed by atoms with van der Waals surface area (Å²) in [5, 5.41) is 2.63. The van der Waals surface area contributed by atoms with Crippen LogP contribution in [0.25, 0.3) is 0 Å². The fraction of sp³-hybridized carbons (Fsp3) is 0.316. The number of para-hydroxylation sites is 1. The Morgan fingerprint density at radius 2 is 1.92 bits per heavy atom. The molecule has 0 spiro atoms. The van der Waals surface area contributed by atoms with Crippen LogP contribution in [-0.2, 0) is 9.59 Å². The Kier molecular flexibility index (Phi) is 5.61. The molecular formula is C19H21N3O3. The van der Waals surface area contributed by atoms with Gasteiger partial charge in [0.1, 0.15) is 5.75 Å². The second-order valence-corrected chi connectivity index (χ2v) is 5.90. The number of amides is 2. The summed E-state index contributed by atoms with van der Waals surface area (Å²) in [5.41, 5.74) is 1.08. The molecule has 1 aliphatic heterocycles. The van der Waals surface area contributed by atoms with Gasteiger partial charge in [-0.1, -0.05) is 18.2 Å². The van der Waals surface area contributed by atoms with Gasteiger partial charge in [0.25, 0.3) is 5.91 Å². The number of hydrogen-bond acceptors (Lipinski definition) is 4. The second-order valence-electron chi connectivity index (χ2n) is 5.90. The van der Waals surface area contributed by atoms with Crippen molar-refractivity contribution in [2.45, 2.75) is 18.9 Å². The molecule has 0 saturated carbocycles. The first-order chi connectivity index (χ1) is 12.2. The highest BCUT2D eigenvalue weighted by atomic mass is 16.5. The molecule has 0 radical (unpaired) electrons. The molecule has 1 fully saturated rings. The Hall–Kier alpha value is -2.89. The van der Waals surface area contributed by atoms with Gasteiger partial charge >= 0.3 is 0 Å². The lowest BCUT2D eigenvalue weighted by Crippen LogP contribution is -2.41. The highest BCUT2D eigenvalue weighted by Gasteiger charge is 2.29. The number of benzene rings is 1. The van der Waals surface area contributed by atoms with E-state index >= 15 is 0 Å². The lowest BCUT2D eigenvalue weighted by atomic mass is 10.1. The number of hydrogen-bond donors (Lipinski definition) is 1. The van der Waals surface area contributed by atoms with Crippen LogP contribution in [0.3, 0.4) is 0 Å². The van der Waals surface area contributed by atoms with Gasteiger partial charge in [-0.2, -0.15) is 0 Å². The van der Waals surface area contributed by atoms with E-state index < -0.39 is 0 Å². The van der Waals surface area contributed by atoms with E-state index in [1.807, 2.05) is 35.2 Å². The van der Waals surface area contributed by atoms with Crippen LogP contribution in [0.15, 0.2) is 54.9 Å². The number of nitrogens with one attached hydrogen (secondary N) is 1. The zero-order valence-corrected chi connectivity index (χ0v) is 13.9. The van der Waals surface area contributed by atoms with E-state index in [1.54, 1.807) is 24.5 Å². The van der Waals surface area contributed by atoms with E-state index in [-0.39, 0.29) is 31.0 Å². The smallest absolute Gasteiger partial charge is 0.258 e. The fourth-order valence-electron chi connectivity index (χ4n) is 2.99. The maximum atomic E-state index is 12.5. The first-order valence-electron chi connectivity index (χ1n) is 8.38. The van der Waals surface area contributed by atoms with Gasteiger partial charge < -0.3 is 15.0 Å². The van der Waals surface area contributed by atoms with Gasteiger partial charge in [0.2, 0.25) is 5.91 Å². The van der Waals surface area contributed by atoms with Crippen LogP contribution in [0.4, 0.5) is 0 Å². The van der Waals surface area contributed by atoms with E-state index in [1.165, 1.54) is 0 Å². The summed E-state index contributed by atoms with van der Waals surface area (Å²) in [5.74, 6) is 0.241. The number of ether oxygens (including phenoxy) is 1. The average molecular weight is 339 g/mol. The van der Waals surface area contributed by atoms with E-state index in [2.05, 4.69) is 10.3 Å². The minimum absolute atomic E-state index is 0.0153. The van der Waals surface area contributed by atoms with Crippen molar-refractivity contribution in [3.8, 4) is 5.75 Å². The minimum Gasteiger partial charge on any atom is -0.484 e. The highest BCUT2D eigenvalue weighted by molar-refractivity contribution is 5.85. The Balaban J connectivity index is 1.47. The van der Waals surface area contributed by atoms with Crippen LogP contribution in [0.1, 0.15) is 24.4 Å². The van der Waals surface area contributed by atoms with Crippen molar-refractivity contribution in [3.05, 3.63) is 60.4 Å². The Bertz CT molecular complexity index is 706. The molecule has 1 aromatic heterocycles. The topological polar surface area (TPSA) is 71.5 Å². The van der Waals surface area contributed by atoms with Gasteiger partial charge in [-0.15, -0.1) is 0 Å². The van der Waals surface area contributed by atoms with Crippen LogP contribution >= 0.6 is 0 Å². The molecule has 3 rings (SSSR count). The molecule has 1 atom stereocenters. The SMILES string of the molecule is O=C(COc1ccccc1)NCC(=O)N1CCC[C@H]1c1ccncc1. The van der Waals surface area contributed by atoms with Gasteiger partial charge in [-0.25, -0.2) is 0 Å². The Morgan fingerprint density at radius 1 is 1.16 bits per heavy atom. The molecule has 2 amide bonds. The number of nitrogens with zero attached hydrogens (tertiary/aromatic N) is 2. The summed E-state index contributed by atoms with van der Waals surface area (Å²) in [6, 6.07) is 13.0. The average Bonchev–Trinajstić information content (AvgIpc) is 3.16. The molecule has 0 bridgehead atoms. The molecular weight excluding hydrogens is 318 g/mol. The van der Waals surface area contributed by atoms with Crippen LogP contribution in [0, 0.1) is 0 Å². The van der Waals surface area contributed by atoms with Crippen molar-refractivity contribution in [2.24, 2.45) is 0 Å². The number of likely N-dealkylation sites (tertiary alicyclic amines) is 1. The zero-order chi connectivity index (χ0) is 17.5. The van der Waals surface area contributed by atoms with Gasteiger partial charge in [0.05, 0.1) is 12.6 Å². The molecule has 0 aliphatic carbocycles. The Morgan fingerprint density at radius 3 is 2.68 bits per heavy atom. The summed E-state index contributed by atoms with van der Waals surface area (Å²) >= 11 is 0. The van der Waals surface area contributed by atoms with Crippen LogP contribution < -0.4 is 10.1 Å². The first kappa shape index (κ1) is 17.0. The van der Waals surface area contributed by atoms with Crippen molar-refractivity contribution in [2.75, 3.05) is 19.7 Å². The van der Waals surface area contributed by atoms with Gasteiger partial charge in [-0.05, 0) is 42.7 Å². The largest absolute Gasteiger partial charge is 0.484 e. The molecule has 25 heavy (non-hydrogen) atoms. The summed E-state index contributed by atoms with van der Waals surface area (Å²) in [6.45, 7) is 0.589. The summed E-state index contributed by atoms with van der Waals surface area (Å²) < 4.78 is 5.37. The molecule has 2 aromatic rings. The van der Waals surface area contributed by atoms with Crippen LogP contribution in [-0.4, -0.2) is 41.4 Å². The summed E-state index contributed by atoms with van der Waals surface area (Å²) in [6.07, 6.45) is 5.36.